The van der Waals surface area contributed by atoms with Gasteiger partial charge in [0.05, 0.1) is 17.0 Å². The first-order valence-corrected chi connectivity index (χ1v) is 5.80. The average molecular weight is 260 g/mol. The molecule has 3 aromatic rings. The molecule has 1 aromatic carbocycles. The van der Waals surface area contributed by atoms with Gasteiger partial charge in [-0.2, -0.15) is 0 Å². The smallest absolute Gasteiger partial charge is 0.182 e. The summed E-state index contributed by atoms with van der Waals surface area (Å²) in [5.41, 5.74) is 3.27. The highest BCUT2D eigenvalue weighted by atomic mass is 35.5. The lowest BCUT2D eigenvalue weighted by Gasteiger charge is -2.10. The molecule has 0 atom stereocenters. The zero-order valence-corrected chi connectivity index (χ0v) is 10.4. The molecule has 2 heterocycles. The molecule has 5 nitrogen and oxygen atoms in total. The first kappa shape index (κ1) is 11.0. The Kier molecular flexibility index (Phi) is 2.60. The molecule has 3 rings (SSSR count). The Hall–Kier alpha value is -2.14. The minimum Gasteiger partial charge on any atom is -0.340 e. The molecule has 18 heavy (non-hydrogen) atoms. The lowest BCUT2D eigenvalue weighted by Crippen LogP contribution is -1.98. The second-order valence-corrected chi connectivity index (χ2v) is 4.29. The zero-order chi connectivity index (χ0) is 12.5. The summed E-state index contributed by atoms with van der Waals surface area (Å²) in [7, 11) is 0. The number of aryl methyl sites for hydroxylation is 1. The second kappa shape index (κ2) is 4.27. The molecule has 0 saturated heterocycles. The van der Waals surface area contributed by atoms with Crippen molar-refractivity contribution in [1.29, 1.82) is 0 Å². The Morgan fingerprint density at radius 2 is 2.11 bits per heavy atom. The Labute approximate surface area is 108 Å². The highest BCUT2D eigenvalue weighted by Gasteiger charge is 2.09. The summed E-state index contributed by atoms with van der Waals surface area (Å²) in [5.74, 6) is 0.661. The summed E-state index contributed by atoms with van der Waals surface area (Å²) in [5, 5.41) is 3.87. The number of aromatic amines is 1. The van der Waals surface area contributed by atoms with Crippen molar-refractivity contribution in [2.75, 3.05) is 5.32 Å². The highest BCUT2D eigenvalue weighted by molar-refractivity contribution is 6.33. The zero-order valence-electron chi connectivity index (χ0n) is 9.61. The van der Waals surface area contributed by atoms with Crippen LogP contribution in [-0.2, 0) is 0 Å². The van der Waals surface area contributed by atoms with Gasteiger partial charge in [0.1, 0.15) is 11.8 Å². The van der Waals surface area contributed by atoms with Crippen LogP contribution in [-0.4, -0.2) is 19.9 Å². The number of halogens is 1. The number of nitrogens with one attached hydrogen (secondary N) is 2. The Bertz CT molecular complexity index is 686. The quantitative estimate of drug-likeness (QED) is 0.742. The maximum Gasteiger partial charge on any atom is 0.182 e. The summed E-state index contributed by atoms with van der Waals surface area (Å²) in [4.78, 5) is 15.4. The predicted octanol–water partition coefficient (Wildman–Crippen LogP) is 3.06. The monoisotopic (exact) mass is 259 g/mol. The molecule has 0 aliphatic rings. The van der Waals surface area contributed by atoms with Crippen molar-refractivity contribution in [1.82, 2.24) is 19.9 Å². The molecule has 0 spiro atoms. The summed E-state index contributed by atoms with van der Waals surface area (Å²) in [6.07, 6.45) is 3.06. The number of hydrogen-bond acceptors (Lipinski definition) is 4. The maximum absolute atomic E-state index is 6.17. The van der Waals surface area contributed by atoms with E-state index in [4.69, 9.17) is 11.6 Å². The van der Waals surface area contributed by atoms with Gasteiger partial charge in [0, 0.05) is 0 Å². The van der Waals surface area contributed by atoms with Gasteiger partial charge in [-0.05, 0) is 18.6 Å². The van der Waals surface area contributed by atoms with Crippen LogP contribution in [0.3, 0.4) is 0 Å². The van der Waals surface area contributed by atoms with Crippen molar-refractivity contribution >= 4 is 34.3 Å². The van der Waals surface area contributed by atoms with Crippen LogP contribution in [0.4, 0.5) is 11.5 Å². The van der Waals surface area contributed by atoms with Crippen LogP contribution in [0.2, 0.25) is 5.02 Å². The molecule has 0 fully saturated rings. The van der Waals surface area contributed by atoms with Crippen molar-refractivity contribution in [2.24, 2.45) is 0 Å². The van der Waals surface area contributed by atoms with E-state index in [0.717, 1.165) is 16.8 Å². The Morgan fingerprint density at radius 3 is 2.94 bits per heavy atom. The third kappa shape index (κ3) is 1.78. The molecule has 0 amide bonds. The van der Waals surface area contributed by atoms with E-state index in [1.54, 1.807) is 6.33 Å². The minimum atomic E-state index is 0.622. The molecule has 0 bridgehead atoms. The molecule has 6 heteroatoms. The van der Waals surface area contributed by atoms with E-state index in [-0.39, 0.29) is 0 Å². The highest BCUT2D eigenvalue weighted by Crippen LogP contribution is 2.29. The third-order valence-electron chi connectivity index (χ3n) is 2.69. The number of aromatic nitrogens is 4. The molecular weight excluding hydrogens is 250 g/mol. The van der Waals surface area contributed by atoms with Crippen LogP contribution in [0, 0.1) is 6.92 Å². The van der Waals surface area contributed by atoms with Gasteiger partial charge in [0.2, 0.25) is 0 Å². The van der Waals surface area contributed by atoms with Crippen molar-refractivity contribution < 1.29 is 0 Å². The molecule has 0 radical (unpaired) electrons. The van der Waals surface area contributed by atoms with E-state index < -0.39 is 0 Å². The van der Waals surface area contributed by atoms with Crippen molar-refractivity contribution in [2.45, 2.75) is 6.92 Å². The first-order chi connectivity index (χ1) is 8.75. The number of anilines is 2. The average Bonchev–Trinajstić information content (AvgIpc) is 2.83. The van der Waals surface area contributed by atoms with Gasteiger partial charge in [0.15, 0.2) is 11.5 Å². The van der Waals surface area contributed by atoms with Gasteiger partial charge in [-0.25, -0.2) is 15.0 Å². The van der Waals surface area contributed by atoms with Crippen molar-refractivity contribution in [3.05, 3.63) is 41.4 Å². The molecule has 0 aliphatic heterocycles. The fourth-order valence-electron chi connectivity index (χ4n) is 1.77. The predicted molar refractivity (Wildman–Crippen MR) is 71.2 cm³/mol. The van der Waals surface area contributed by atoms with Crippen LogP contribution in [0.25, 0.3) is 11.2 Å². The van der Waals surface area contributed by atoms with Gasteiger partial charge in [0.25, 0.3) is 0 Å². The molecule has 0 aliphatic carbocycles. The van der Waals surface area contributed by atoms with Crippen molar-refractivity contribution in [3.8, 4) is 0 Å². The Balaban J connectivity index is 2.09. The van der Waals surface area contributed by atoms with E-state index in [0.29, 0.717) is 16.5 Å². The first-order valence-electron chi connectivity index (χ1n) is 5.42. The molecule has 90 valence electrons. The third-order valence-corrected chi connectivity index (χ3v) is 3.00. The summed E-state index contributed by atoms with van der Waals surface area (Å²) in [6, 6.07) is 5.73. The lowest BCUT2D eigenvalue weighted by atomic mass is 10.2. The van der Waals surface area contributed by atoms with E-state index in [1.807, 2.05) is 25.1 Å². The maximum atomic E-state index is 6.17. The van der Waals surface area contributed by atoms with E-state index in [9.17, 15) is 0 Å². The van der Waals surface area contributed by atoms with Gasteiger partial charge < -0.3 is 10.3 Å². The topological polar surface area (TPSA) is 66.5 Å². The molecule has 0 saturated carbocycles. The van der Waals surface area contributed by atoms with Gasteiger partial charge in [-0.15, -0.1) is 0 Å². The van der Waals surface area contributed by atoms with E-state index >= 15 is 0 Å². The number of benzene rings is 1. The van der Waals surface area contributed by atoms with Gasteiger partial charge >= 0.3 is 0 Å². The largest absolute Gasteiger partial charge is 0.340 e. The molecule has 2 aromatic heterocycles. The van der Waals surface area contributed by atoms with Gasteiger partial charge in [-0.3, -0.25) is 0 Å². The normalized spacial score (nSPS) is 10.8. The van der Waals surface area contributed by atoms with E-state index in [1.165, 1.54) is 6.33 Å². The molecule has 0 unspecified atom stereocenters. The summed E-state index contributed by atoms with van der Waals surface area (Å²) >= 11 is 6.17. The number of hydrogen-bond donors (Lipinski definition) is 2. The van der Waals surface area contributed by atoms with Crippen LogP contribution >= 0.6 is 11.6 Å². The number of rotatable bonds is 2. The summed E-state index contributed by atoms with van der Waals surface area (Å²) < 4.78 is 0. The fraction of sp³-hybridized carbons (Fsp3) is 0.0833. The summed E-state index contributed by atoms with van der Waals surface area (Å²) in [6.45, 7) is 1.99. The minimum absolute atomic E-state index is 0.622. The number of nitrogens with zero attached hydrogens (tertiary/aromatic N) is 3. The lowest BCUT2D eigenvalue weighted by molar-refractivity contribution is 1.19. The van der Waals surface area contributed by atoms with Crippen LogP contribution in [0.1, 0.15) is 5.56 Å². The number of H-pyrrole nitrogens is 1. The Morgan fingerprint density at radius 1 is 1.22 bits per heavy atom. The molecular formula is C12H10ClN5. The van der Waals surface area contributed by atoms with Crippen molar-refractivity contribution in [3.63, 3.8) is 0 Å². The standard InChI is InChI=1S/C12H10ClN5/c1-7-3-2-4-8(13)9(7)18-12-10-11(15-5-14-10)16-6-17-12/h2-6H,1H3,(H2,14,15,16,17,18). The van der Waals surface area contributed by atoms with Crippen LogP contribution in [0.5, 0.6) is 0 Å². The van der Waals surface area contributed by atoms with E-state index in [2.05, 4.69) is 25.3 Å². The fourth-order valence-corrected chi connectivity index (χ4v) is 2.04. The number of fused-ring (bicyclic) bond motifs is 1. The molecule has 2 N–H and O–H groups in total. The van der Waals surface area contributed by atoms with Crippen LogP contribution in [0.15, 0.2) is 30.9 Å². The number of imidazole rings is 1. The SMILES string of the molecule is Cc1cccc(Cl)c1Nc1ncnc2nc[nH]c12. The second-order valence-electron chi connectivity index (χ2n) is 3.88. The number of para-hydroxylation sites is 1. The van der Waals surface area contributed by atoms with Gasteiger partial charge in [-0.1, -0.05) is 23.7 Å². The van der Waals surface area contributed by atoms with Crippen LogP contribution < -0.4 is 5.32 Å².